The summed E-state index contributed by atoms with van der Waals surface area (Å²) in [6.07, 6.45) is 13.7. The van der Waals surface area contributed by atoms with Crippen LogP contribution in [0, 0.1) is 0 Å². The fourth-order valence-corrected chi connectivity index (χ4v) is 7.27. The van der Waals surface area contributed by atoms with E-state index >= 15 is 0 Å². The van der Waals surface area contributed by atoms with Gasteiger partial charge in [-0.15, -0.1) is 0 Å². The number of anilines is 1. The van der Waals surface area contributed by atoms with Crippen molar-refractivity contribution in [2.45, 2.75) is 101 Å². The maximum atomic E-state index is 13.6. The molecule has 0 bridgehead atoms. The summed E-state index contributed by atoms with van der Waals surface area (Å²) < 4.78 is 34.2. The summed E-state index contributed by atoms with van der Waals surface area (Å²) >= 11 is 0. The van der Waals surface area contributed by atoms with Crippen LogP contribution in [0.5, 0.6) is 0 Å². The quantitative estimate of drug-likeness (QED) is 0.0665. The topological polar surface area (TPSA) is 76.2 Å². The minimum atomic E-state index is -3.57. The highest BCUT2D eigenvalue weighted by Crippen LogP contribution is 2.29. The van der Waals surface area contributed by atoms with Gasteiger partial charge in [-0.1, -0.05) is 120 Å². The van der Waals surface area contributed by atoms with E-state index in [1.54, 1.807) is 30.3 Å². The lowest BCUT2D eigenvalue weighted by Crippen LogP contribution is -2.52. The van der Waals surface area contributed by atoms with Crippen molar-refractivity contribution in [3.8, 4) is 0 Å². The second kappa shape index (κ2) is 21.9. The Bertz CT molecular complexity index is 1430. The molecule has 0 aromatic heterocycles. The zero-order valence-electron chi connectivity index (χ0n) is 30.4. The second-order valence-corrected chi connectivity index (χ2v) is 14.8. The van der Waals surface area contributed by atoms with E-state index in [-0.39, 0.29) is 17.3 Å². The Kier molecular flexibility index (Phi) is 18.1. The van der Waals surface area contributed by atoms with Gasteiger partial charge in [0, 0.05) is 24.3 Å². The van der Waals surface area contributed by atoms with Gasteiger partial charge in [0.15, 0.2) is 5.78 Å². The molecule has 1 atom stereocenters. The first-order chi connectivity index (χ1) is 23.7. The molecule has 4 rings (SSSR count). The van der Waals surface area contributed by atoms with Crippen molar-refractivity contribution in [3.05, 3.63) is 96.1 Å². The molecular weight excluding hydrogens is 633 g/mol. The highest BCUT2D eigenvalue weighted by molar-refractivity contribution is 7.86. The smallest absolute Gasteiger partial charge is 0.296 e. The van der Waals surface area contributed by atoms with Crippen molar-refractivity contribution in [3.63, 3.8) is 0 Å². The van der Waals surface area contributed by atoms with Crippen LogP contribution in [-0.4, -0.2) is 71.6 Å². The van der Waals surface area contributed by atoms with Gasteiger partial charge in [-0.3, -0.25) is 13.9 Å². The highest BCUT2D eigenvalue weighted by atomic mass is 32.2. The van der Waals surface area contributed by atoms with Crippen LogP contribution in [0.1, 0.15) is 100 Å². The van der Waals surface area contributed by atoms with Gasteiger partial charge in [-0.2, -0.15) is 8.42 Å². The van der Waals surface area contributed by atoms with E-state index in [2.05, 4.69) is 47.9 Å². The lowest BCUT2D eigenvalue weighted by molar-refractivity contribution is 0.0666. The zero-order valence-corrected chi connectivity index (χ0v) is 31.3. The molecule has 0 radical (unpaired) electrons. The molecule has 3 aromatic rings. The maximum absolute atomic E-state index is 13.6. The summed E-state index contributed by atoms with van der Waals surface area (Å²) in [7, 11) is 0.442. The number of hydrogen-bond donors (Lipinski definition) is 0. The van der Waals surface area contributed by atoms with Crippen LogP contribution in [-0.2, 0) is 25.5 Å². The van der Waals surface area contributed by atoms with Gasteiger partial charge in [0.25, 0.3) is 10.1 Å². The number of Topliss-reactive ketones (excluding diaryl/α,β-unsaturated/α-hetero) is 1. The number of ketones is 1. The normalized spacial score (nSPS) is 14.6. The molecule has 49 heavy (non-hydrogen) atoms. The van der Waals surface area contributed by atoms with E-state index in [4.69, 9.17) is 8.92 Å². The molecule has 1 fully saturated rings. The van der Waals surface area contributed by atoms with Crippen LogP contribution in [0.25, 0.3) is 0 Å². The van der Waals surface area contributed by atoms with Gasteiger partial charge in [-0.05, 0) is 75.3 Å². The first-order valence-electron chi connectivity index (χ1n) is 18.4. The molecule has 0 N–H and O–H groups in total. The van der Waals surface area contributed by atoms with Gasteiger partial charge in [0.2, 0.25) is 0 Å². The third-order valence-corrected chi connectivity index (χ3v) is 10.8. The Morgan fingerprint density at radius 3 is 1.82 bits per heavy atom. The zero-order chi connectivity index (χ0) is 35.4. The van der Waals surface area contributed by atoms with Gasteiger partial charge in [-0.25, -0.2) is 0 Å². The van der Waals surface area contributed by atoms with Gasteiger partial charge in [0.05, 0.1) is 30.3 Å². The largest absolute Gasteiger partial charge is 0.378 e. The molecule has 0 saturated carbocycles. The molecular formula is C41H60N2O5S. The SMILES string of the molecule is CCC(Cc1ccccc1)(C(=O)c1ccc(N2CCOCC2)cc1)N(C)C.CCCCCCCCCCCCOS(=O)(=O)c1ccccc1. The number of hydrogen-bond acceptors (Lipinski definition) is 7. The second-order valence-electron chi connectivity index (χ2n) is 13.2. The van der Waals surface area contributed by atoms with Crippen molar-refractivity contribution < 1.29 is 22.1 Å². The lowest BCUT2D eigenvalue weighted by atomic mass is 9.80. The monoisotopic (exact) mass is 692 g/mol. The molecule has 0 amide bonds. The highest BCUT2D eigenvalue weighted by Gasteiger charge is 2.39. The molecule has 1 unspecified atom stereocenters. The fourth-order valence-electron chi connectivity index (χ4n) is 6.30. The minimum Gasteiger partial charge on any atom is -0.378 e. The standard InChI is InChI=1S/C23H30N2O2.C18H30O3S/c1-4-23(24(2)3,18-19-8-6-5-7-9-19)22(26)20-10-12-21(13-11-20)25-14-16-27-17-15-25;1-2-3-4-5-6-7-8-9-10-14-17-21-22(19,20)18-15-12-11-13-16-18/h5-13H,4,14-18H2,1-3H3;11-13,15-16H,2-10,14,17H2,1H3. The predicted molar refractivity (Wildman–Crippen MR) is 202 cm³/mol. The number of benzene rings is 3. The Labute approximate surface area is 297 Å². The summed E-state index contributed by atoms with van der Waals surface area (Å²) in [4.78, 5) is 18.2. The summed E-state index contributed by atoms with van der Waals surface area (Å²) in [5, 5.41) is 0. The predicted octanol–water partition coefficient (Wildman–Crippen LogP) is 8.97. The number of nitrogens with zero attached hydrogens (tertiary/aromatic N) is 2. The molecule has 0 aliphatic carbocycles. The van der Waals surface area contributed by atoms with Crippen molar-refractivity contribution in [1.82, 2.24) is 4.90 Å². The molecule has 1 aliphatic rings. The van der Waals surface area contributed by atoms with Crippen LogP contribution in [0.2, 0.25) is 0 Å². The first kappa shape index (κ1) is 40.4. The molecule has 270 valence electrons. The van der Waals surface area contributed by atoms with Gasteiger partial charge < -0.3 is 9.64 Å². The Balaban J connectivity index is 0.000000272. The van der Waals surface area contributed by atoms with Crippen LogP contribution in [0.4, 0.5) is 5.69 Å². The molecule has 7 nitrogen and oxygen atoms in total. The third-order valence-electron chi connectivity index (χ3n) is 9.48. The summed E-state index contributed by atoms with van der Waals surface area (Å²) in [6, 6.07) is 26.7. The Morgan fingerprint density at radius 2 is 1.29 bits per heavy atom. The van der Waals surface area contributed by atoms with E-state index < -0.39 is 15.7 Å². The Morgan fingerprint density at radius 1 is 0.755 bits per heavy atom. The molecule has 1 aliphatic heterocycles. The van der Waals surface area contributed by atoms with Crippen molar-refractivity contribution in [2.75, 3.05) is 51.9 Å². The number of likely N-dealkylation sites (N-methyl/N-ethyl adjacent to an activating group) is 1. The first-order valence-corrected chi connectivity index (χ1v) is 19.8. The van der Waals surface area contributed by atoms with Gasteiger partial charge >= 0.3 is 0 Å². The number of ether oxygens (including phenoxy) is 1. The average Bonchev–Trinajstić information content (AvgIpc) is 3.14. The van der Waals surface area contributed by atoms with Crippen molar-refractivity contribution in [2.24, 2.45) is 0 Å². The maximum Gasteiger partial charge on any atom is 0.296 e. The summed E-state index contributed by atoms with van der Waals surface area (Å²) in [5.74, 6) is 0.187. The third kappa shape index (κ3) is 13.3. The van der Waals surface area contributed by atoms with E-state index in [9.17, 15) is 13.2 Å². The summed E-state index contributed by atoms with van der Waals surface area (Å²) in [5.41, 5.74) is 2.58. The molecule has 8 heteroatoms. The van der Waals surface area contributed by atoms with E-state index in [0.717, 1.165) is 56.8 Å². The molecule has 1 saturated heterocycles. The Hall–Kier alpha value is -3.04. The number of carbonyl (C=O) groups excluding carboxylic acids is 1. The van der Waals surface area contributed by atoms with E-state index in [1.165, 1.54) is 56.9 Å². The van der Waals surface area contributed by atoms with Gasteiger partial charge in [0.1, 0.15) is 0 Å². The number of carbonyl (C=O) groups is 1. The van der Waals surface area contributed by atoms with Crippen LogP contribution in [0.3, 0.4) is 0 Å². The average molecular weight is 693 g/mol. The summed E-state index contributed by atoms with van der Waals surface area (Å²) in [6.45, 7) is 7.95. The van der Waals surface area contributed by atoms with Crippen LogP contribution in [0.15, 0.2) is 89.8 Å². The van der Waals surface area contributed by atoms with Crippen LogP contribution < -0.4 is 4.90 Å². The molecule has 1 heterocycles. The molecule has 3 aromatic carbocycles. The fraction of sp³-hybridized carbons (Fsp3) is 0.537. The number of morpholine rings is 1. The number of unbranched alkanes of at least 4 members (excludes halogenated alkanes) is 9. The number of rotatable bonds is 20. The minimum absolute atomic E-state index is 0.187. The van der Waals surface area contributed by atoms with E-state index in [0.29, 0.717) is 6.42 Å². The molecule has 0 spiro atoms. The van der Waals surface area contributed by atoms with Crippen molar-refractivity contribution >= 4 is 21.6 Å². The lowest BCUT2D eigenvalue weighted by Gasteiger charge is -2.38. The van der Waals surface area contributed by atoms with Crippen molar-refractivity contribution in [1.29, 1.82) is 0 Å². The van der Waals surface area contributed by atoms with Crippen LogP contribution >= 0.6 is 0 Å². The van der Waals surface area contributed by atoms with E-state index in [1.807, 2.05) is 44.4 Å².